The lowest BCUT2D eigenvalue weighted by atomic mass is 10.6. The quantitative estimate of drug-likeness (QED) is 0.574. The summed E-state index contributed by atoms with van der Waals surface area (Å²) < 4.78 is 0. The lowest BCUT2D eigenvalue weighted by Crippen LogP contribution is -1.66. The molecule has 1 aromatic heterocycles. The zero-order chi connectivity index (χ0) is 7.11. The summed E-state index contributed by atoms with van der Waals surface area (Å²) in [6.07, 6.45) is 2.92. The van der Waals surface area contributed by atoms with Crippen LogP contribution in [0, 0.1) is 6.92 Å². The van der Waals surface area contributed by atoms with Crippen LogP contribution in [0.4, 0.5) is 0 Å². The molecule has 0 saturated carbocycles. The van der Waals surface area contributed by atoms with Crippen LogP contribution < -0.4 is 0 Å². The van der Waals surface area contributed by atoms with Crippen LogP contribution in [0.15, 0.2) is 6.20 Å². The third kappa shape index (κ3) is 5.00. The molecule has 0 aliphatic heterocycles. The predicted octanol–water partition coefficient (Wildman–Crippen LogP) is 1.53. The summed E-state index contributed by atoms with van der Waals surface area (Å²) in [7, 11) is 0. The first-order valence-electron chi connectivity index (χ1n) is 3.13. The van der Waals surface area contributed by atoms with Gasteiger partial charge >= 0.3 is 0 Å². The van der Waals surface area contributed by atoms with Gasteiger partial charge in [-0.25, -0.2) is 0 Å². The van der Waals surface area contributed by atoms with Gasteiger partial charge in [0.05, 0.1) is 11.9 Å². The normalized spacial score (nSPS) is 7.89. The molecule has 1 heterocycles. The molecule has 1 N–H and O–H groups in total. The van der Waals surface area contributed by atoms with Crippen LogP contribution in [0.1, 0.15) is 26.0 Å². The van der Waals surface area contributed by atoms with Crippen molar-refractivity contribution in [1.82, 2.24) is 15.4 Å². The Balaban J connectivity index is 0.000000187. The van der Waals surface area contributed by atoms with E-state index in [4.69, 9.17) is 0 Å². The Kier molecular flexibility index (Phi) is 4.78. The molecule has 0 radical (unpaired) electrons. The van der Waals surface area contributed by atoms with E-state index in [-0.39, 0.29) is 0 Å². The molecule has 0 spiro atoms. The molecule has 0 fully saturated rings. The molecule has 0 atom stereocenters. The number of nitrogens with one attached hydrogen (secondary N) is 1. The maximum atomic E-state index is 3.68. The van der Waals surface area contributed by atoms with Gasteiger partial charge in [0.2, 0.25) is 0 Å². The predicted molar refractivity (Wildman–Crippen MR) is 37.1 cm³/mol. The van der Waals surface area contributed by atoms with Gasteiger partial charge in [0.25, 0.3) is 0 Å². The minimum absolute atomic E-state index is 0.926. The molecule has 0 bridgehead atoms. The highest BCUT2D eigenvalue weighted by Gasteiger charge is 1.76. The number of aromatic nitrogens is 3. The molecule has 3 nitrogen and oxygen atoms in total. The molecule has 0 amide bonds. The molecule has 3 heteroatoms. The van der Waals surface area contributed by atoms with E-state index >= 15 is 0 Å². The molecule has 0 aliphatic carbocycles. The van der Waals surface area contributed by atoms with Crippen molar-refractivity contribution in [1.29, 1.82) is 0 Å². The summed E-state index contributed by atoms with van der Waals surface area (Å²) in [5.74, 6) is 0. The van der Waals surface area contributed by atoms with Crippen molar-refractivity contribution in [3.63, 3.8) is 0 Å². The highest BCUT2D eigenvalue weighted by atomic mass is 15.3. The van der Waals surface area contributed by atoms with Crippen LogP contribution >= 0.6 is 0 Å². The van der Waals surface area contributed by atoms with Crippen LogP contribution in [0.3, 0.4) is 0 Å². The summed E-state index contributed by atoms with van der Waals surface area (Å²) in [6, 6.07) is 0. The Labute approximate surface area is 55.5 Å². The lowest BCUT2D eigenvalue weighted by Gasteiger charge is -1.62. The monoisotopic (exact) mass is 127 g/mol. The second kappa shape index (κ2) is 5.28. The number of aryl methyl sites for hydroxylation is 1. The first-order chi connectivity index (χ1) is 4.31. The maximum Gasteiger partial charge on any atom is 0.0793 e. The van der Waals surface area contributed by atoms with Gasteiger partial charge in [-0.2, -0.15) is 15.4 Å². The van der Waals surface area contributed by atoms with Gasteiger partial charge in [0, 0.05) is 0 Å². The molecule has 52 valence electrons. The summed E-state index contributed by atoms with van der Waals surface area (Å²) in [5, 5.41) is 9.70. The Bertz CT molecular complexity index is 123. The van der Waals surface area contributed by atoms with Crippen molar-refractivity contribution in [2.75, 3.05) is 0 Å². The van der Waals surface area contributed by atoms with Crippen molar-refractivity contribution >= 4 is 0 Å². The number of H-pyrrole nitrogens is 1. The minimum Gasteiger partial charge on any atom is -0.198 e. The fourth-order valence-electron chi connectivity index (χ4n) is 0.259. The second-order valence-corrected chi connectivity index (χ2v) is 1.82. The van der Waals surface area contributed by atoms with Gasteiger partial charge in [0.15, 0.2) is 0 Å². The smallest absolute Gasteiger partial charge is 0.0793 e. The van der Waals surface area contributed by atoms with Crippen LogP contribution in [0.2, 0.25) is 0 Å². The van der Waals surface area contributed by atoms with E-state index in [9.17, 15) is 0 Å². The van der Waals surface area contributed by atoms with E-state index in [0.29, 0.717) is 0 Å². The molecular weight excluding hydrogens is 114 g/mol. The number of nitrogens with zero attached hydrogens (tertiary/aromatic N) is 2. The zero-order valence-electron chi connectivity index (χ0n) is 6.18. The molecule has 0 aliphatic rings. The highest BCUT2D eigenvalue weighted by molar-refractivity contribution is 4.82. The molecule has 0 aromatic carbocycles. The fourth-order valence-corrected chi connectivity index (χ4v) is 0.259. The van der Waals surface area contributed by atoms with Crippen molar-refractivity contribution in [3.05, 3.63) is 11.9 Å². The average Bonchev–Trinajstić information content (AvgIpc) is 2.20. The molecule has 9 heavy (non-hydrogen) atoms. The third-order valence-electron chi connectivity index (χ3n) is 0.535. The second-order valence-electron chi connectivity index (χ2n) is 1.82. The number of rotatable bonds is 0. The first kappa shape index (κ1) is 8.14. The van der Waals surface area contributed by atoms with Crippen molar-refractivity contribution in [3.8, 4) is 0 Å². The SMILES string of the molecule is CCC.Cc1cn[nH]n1. The molecule has 0 unspecified atom stereocenters. The van der Waals surface area contributed by atoms with Crippen LogP contribution in [-0.2, 0) is 0 Å². The van der Waals surface area contributed by atoms with E-state index < -0.39 is 0 Å². The average molecular weight is 127 g/mol. The third-order valence-corrected chi connectivity index (χ3v) is 0.535. The summed E-state index contributed by atoms with van der Waals surface area (Å²) in [4.78, 5) is 0. The van der Waals surface area contributed by atoms with E-state index in [1.807, 2.05) is 6.92 Å². The maximum absolute atomic E-state index is 3.68. The first-order valence-corrected chi connectivity index (χ1v) is 3.13. The Morgan fingerprint density at radius 2 is 2.11 bits per heavy atom. The molecule has 1 aromatic rings. The van der Waals surface area contributed by atoms with Gasteiger partial charge < -0.3 is 0 Å². The fraction of sp³-hybridized carbons (Fsp3) is 0.667. The highest BCUT2D eigenvalue weighted by Crippen LogP contribution is 1.77. The Hall–Kier alpha value is -0.860. The number of hydrogen-bond donors (Lipinski definition) is 1. The molecule has 1 rings (SSSR count). The largest absolute Gasteiger partial charge is 0.198 e. The van der Waals surface area contributed by atoms with E-state index in [2.05, 4.69) is 29.3 Å². The standard InChI is InChI=1S/C3H5N3.C3H8/c1-3-2-4-6-5-3;1-3-2/h2H,1H3,(H,4,5,6);3H2,1-2H3. The van der Waals surface area contributed by atoms with E-state index in [1.165, 1.54) is 6.42 Å². The van der Waals surface area contributed by atoms with Crippen molar-refractivity contribution < 1.29 is 0 Å². The summed E-state index contributed by atoms with van der Waals surface area (Å²) in [5.41, 5.74) is 0.926. The van der Waals surface area contributed by atoms with Gasteiger partial charge in [-0.3, -0.25) is 0 Å². The lowest BCUT2D eigenvalue weighted by molar-refractivity contribution is 0.928. The van der Waals surface area contributed by atoms with Crippen LogP contribution in [-0.4, -0.2) is 15.4 Å². The van der Waals surface area contributed by atoms with Crippen molar-refractivity contribution in [2.45, 2.75) is 27.2 Å². The minimum atomic E-state index is 0.926. The number of hydrogen-bond acceptors (Lipinski definition) is 2. The zero-order valence-corrected chi connectivity index (χ0v) is 6.18. The van der Waals surface area contributed by atoms with Crippen molar-refractivity contribution in [2.24, 2.45) is 0 Å². The number of aromatic amines is 1. The van der Waals surface area contributed by atoms with Crippen LogP contribution in [0.5, 0.6) is 0 Å². The van der Waals surface area contributed by atoms with Gasteiger partial charge in [0.1, 0.15) is 0 Å². The Morgan fingerprint density at radius 3 is 2.22 bits per heavy atom. The topological polar surface area (TPSA) is 41.6 Å². The van der Waals surface area contributed by atoms with Gasteiger partial charge in [-0.15, -0.1) is 0 Å². The molecule has 0 saturated heterocycles. The van der Waals surface area contributed by atoms with E-state index in [0.717, 1.165) is 5.69 Å². The van der Waals surface area contributed by atoms with E-state index in [1.54, 1.807) is 6.20 Å². The summed E-state index contributed by atoms with van der Waals surface area (Å²) >= 11 is 0. The van der Waals surface area contributed by atoms with Gasteiger partial charge in [-0.1, -0.05) is 20.3 Å². The molecular formula is C6H13N3. The summed E-state index contributed by atoms with van der Waals surface area (Å²) in [6.45, 7) is 6.13. The van der Waals surface area contributed by atoms with Crippen LogP contribution in [0.25, 0.3) is 0 Å². The Morgan fingerprint density at radius 1 is 1.56 bits per heavy atom. The van der Waals surface area contributed by atoms with Gasteiger partial charge in [-0.05, 0) is 6.92 Å².